The Hall–Kier alpha value is -3.52. The first-order chi connectivity index (χ1) is 34.7. The van der Waals surface area contributed by atoms with Gasteiger partial charge < -0.3 is 0 Å². The Balaban J connectivity index is 0.00000469. The van der Waals surface area contributed by atoms with Crippen molar-refractivity contribution in [2.45, 2.75) is 199 Å². The third kappa shape index (κ3) is 12.9. The molecule has 2 unspecified atom stereocenters. The minimum absolute atomic E-state index is 0. The molecule has 6 aromatic rings. The Kier molecular flexibility index (Phi) is 19.2. The topological polar surface area (TPSA) is 0 Å². The summed E-state index contributed by atoms with van der Waals surface area (Å²) in [6.07, 6.45) is 18.0. The fourth-order valence-corrected chi connectivity index (χ4v) is 32.6. The van der Waals surface area contributed by atoms with Gasteiger partial charge in [-0.15, -0.1) is 24.8 Å². The quantitative estimate of drug-likeness (QED) is 0.0669. The molecule has 0 radical (unpaired) electrons. The van der Waals surface area contributed by atoms with Crippen molar-refractivity contribution in [1.82, 2.24) is 0 Å². The molecule has 0 fully saturated rings. The van der Waals surface area contributed by atoms with Crippen molar-refractivity contribution >= 4 is 43.8 Å². The summed E-state index contributed by atoms with van der Waals surface area (Å²) in [7, 11) is 0. The Morgan fingerprint density at radius 3 is 0.855 bits per heavy atom. The van der Waals surface area contributed by atoms with Gasteiger partial charge in [-0.3, -0.25) is 0 Å². The number of fused-ring (bicyclic) bond motifs is 2. The third-order valence-electron chi connectivity index (χ3n) is 17.3. The summed E-state index contributed by atoms with van der Waals surface area (Å²) in [4.78, 5) is 0. The fourth-order valence-electron chi connectivity index (χ4n) is 13.0. The van der Waals surface area contributed by atoms with E-state index in [0.717, 1.165) is 12.8 Å². The van der Waals surface area contributed by atoms with Gasteiger partial charge >= 0.3 is 457 Å². The molecule has 2 aliphatic rings. The van der Waals surface area contributed by atoms with Crippen LogP contribution >= 0.6 is 24.8 Å². The fraction of sp³-hybridized carbons (Fsp3) is 0.444. The van der Waals surface area contributed by atoms with E-state index in [-0.39, 0.29) is 46.5 Å². The summed E-state index contributed by atoms with van der Waals surface area (Å²) in [6.45, 7) is 35.3. The molecule has 2 atom stereocenters. The van der Waals surface area contributed by atoms with Crippen molar-refractivity contribution < 1.29 is 17.4 Å². The summed E-state index contributed by atoms with van der Waals surface area (Å²) in [5, 5.41) is 0. The van der Waals surface area contributed by atoms with Crippen molar-refractivity contribution in [1.29, 1.82) is 0 Å². The summed E-state index contributed by atoms with van der Waals surface area (Å²) in [6, 6.07) is 48.8. The summed E-state index contributed by atoms with van der Waals surface area (Å²) in [5.41, 5.74) is 26.5. The van der Waals surface area contributed by atoms with Crippen molar-refractivity contribution in [3.63, 3.8) is 0 Å². The van der Waals surface area contributed by atoms with E-state index in [1.54, 1.807) is 22.3 Å². The normalized spacial score (nSPS) is 15.9. The van der Waals surface area contributed by atoms with E-state index in [4.69, 9.17) is 0 Å². The molecule has 0 aromatic heterocycles. The minimum atomic E-state index is -4.35. The number of allylic oxidation sites excluding steroid dienone is 2. The molecular formula is C72H96Cl2SiZr. The maximum Gasteiger partial charge on any atom is -0.147 e. The molecule has 0 heterocycles. The molecule has 76 heavy (non-hydrogen) atoms. The zero-order chi connectivity index (χ0) is 53.6. The number of halogens is 2. The second-order valence-electron chi connectivity index (χ2n) is 28.1. The van der Waals surface area contributed by atoms with Crippen LogP contribution in [0, 0.1) is 0 Å². The number of rotatable bonds is 16. The first-order valence-corrected chi connectivity index (χ1v) is 42.6. The van der Waals surface area contributed by atoms with E-state index in [2.05, 4.69) is 247 Å². The van der Waals surface area contributed by atoms with Gasteiger partial charge in [-0.2, -0.15) is 0 Å². The van der Waals surface area contributed by atoms with E-state index in [1.807, 2.05) is 0 Å². The van der Waals surface area contributed by atoms with E-state index in [9.17, 15) is 0 Å². The van der Waals surface area contributed by atoms with Crippen LogP contribution in [0.5, 0.6) is 0 Å². The summed E-state index contributed by atoms with van der Waals surface area (Å²) in [5.74, 6) is 0. The van der Waals surface area contributed by atoms with Gasteiger partial charge in [0.25, 0.3) is 0 Å². The van der Waals surface area contributed by atoms with Crippen LogP contribution in [0.25, 0.3) is 56.7 Å². The summed E-state index contributed by atoms with van der Waals surface area (Å²) >= 11 is -4.35. The van der Waals surface area contributed by atoms with E-state index >= 15 is 0 Å². The van der Waals surface area contributed by atoms with E-state index < -0.39 is 17.4 Å². The molecule has 0 spiro atoms. The largest absolute Gasteiger partial charge is 0.147 e. The molecule has 2 aliphatic carbocycles. The first-order valence-electron chi connectivity index (χ1n) is 29.0. The second-order valence-corrected chi connectivity index (χ2v) is 58.6. The SMILES string of the molecule is CCCCCCC1=Cc2c(-c3ccc(C(C)(C)C)cc3)ccc(-c3ccc(C(C)(C)C)cc3)c2[CH]1[Zr]([CH3])([CH3])(=[SiH2])[CH]1C(CCCCCC)=Cc2c(-c3ccc(C(C)(C)C)cc3)ccc(-c3ccc(C(C)(C)C)cc3)c21.Cl.Cl. The predicted molar refractivity (Wildman–Crippen MR) is 343 cm³/mol. The van der Waals surface area contributed by atoms with Gasteiger partial charge in [-0.1, -0.05) is 0 Å². The Morgan fingerprint density at radius 1 is 0.355 bits per heavy atom. The molecular weight excluding hydrogens is 1060 g/mol. The summed E-state index contributed by atoms with van der Waals surface area (Å²) < 4.78 is 6.60. The van der Waals surface area contributed by atoms with Gasteiger partial charge in [0.05, 0.1) is 0 Å². The van der Waals surface area contributed by atoms with E-state index in [0.29, 0.717) is 7.25 Å². The average molecular weight is 1150 g/mol. The number of benzene rings is 6. The van der Waals surface area contributed by atoms with Gasteiger partial charge in [-0.05, 0) is 0 Å². The maximum absolute atomic E-state index is 4.35. The van der Waals surface area contributed by atoms with Crippen LogP contribution < -0.4 is 0 Å². The standard InChI is InChI=1S/2C35H43.2CH3.2ClH.H2Si.Zr/c2*1-8-9-10-11-12-25-23-32-30(26-13-17-28(18-14-26)34(2,3)4)21-22-31(33(32)24-25)27-15-19-29(20-16-27)35(5,6)7;;;;;;/h2*13-24H,8-12H2,1-7H3;2*1H3;2*1H;1H2;. The Labute approximate surface area is 478 Å². The van der Waals surface area contributed by atoms with Crippen LogP contribution in [0.4, 0.5) is 0 Å². The molecule has 4 heteroatoms. The predicted octanol–water partition coefficient (Wildman–Crippen LogP) is 22.2. The molecule has 6 aromatic carbocycles. The van der Waals surface area contributed by atoms with Gasteiger partial charge in [0, 0.05) is 0 Å². The average Bonchev–Trinajstić information content (AvgIpc) is 3.95. The van der Waals surface area contributed by atoms with Crippen molar-refractivity contribution in [2.75, 3.05) is 0 Å². The number of hydrogen-bond donors (Lipinski definition) is 0. The molecule has 0 saturated heterocycles. The minimum Gasteiger partial charge on any atom is -0.147 e. The molecule has 8 rings (SSSR count). The molecule has 0 bridgehead atoms. The molecule has 0 saturated carbocycles. The van der Waals surface area contributed by atoms with Crippen molar-refractivity contribution in [3.05, 3.63) is 177 Å². The molecule has 0 aliphatic heterocycles. The van der Waals surface area contributed by atoms with Crippen LogP contribution in [0.1, 0.15) is 213 Å². The second kappa shape index (κ2) is 23.7. The maximum atomic E-state index is 2.92. The number of unbranched alkanes of at least 4 members (excludes halogenated alkanes) is 6. The monoisotopic (exact) mass is 1150 g/mol. The number of hydrogen-bond acceptors (Lipinski definition) is 0. The van der Waals surface area contributed by atoms with Gasteiger partial charge in [0.15, 0.2) is 0 Å². The van der Waals surface area contributed by atoms with Crippen LogP contribution in [-0.4, -0.2) is 6.88 Å². The van der Waals surface area contributed by atoms with Crippen LogP contribution in [0.15, 0.2) is 132 Å². The van der Waals surface area contributed by atoms with E-state index in [1.165, 1.54) is 129 Å². The molecule has 0 amide bonds. The van der Waals surface area contributed by atoms with Crippen LogP contribution in [0.2, 0.25) is 9.26 Å². The first kappa shape index (κ1) is 61.7. The van der Waals surface area contributed by atoms with Gasteiger partial charge in [0.1, 0.15) is 0 Å². The molecule has 0 N–H and O–H groups in total. The third-order valence-corrected chi connectivity index (χ3v) is 34.7. The van der Waals surface area contributed by atoms with Crippen molar-refractivity contribution in [2.24, 2.45) is 0 Å². The Bertz CT molecular complexity index is 2890. The van der Waals surface area contributed by atoms with Gasteiger partial charge in [0.2, 0.25) is 0 Å². The smallest absolute Gasteiger partial charge is 0.147 e. The van der Waals surface area contributed by atoms with Crippen molar-refractivity contribution in [3.8, 4) is 44.5 Å². The van der Waals surface area contributed by atoms with Crippen LogP contribution in [0.3, 0.4) is 0 Å². The Morgan fingerprint density at radius 2 is 0.605 bits per heavy atom. The molecule has 406 valence electrons. The zero-order valence-corrected chi connectivity index (χ0v) is 55.5. The molecule has 0 nitrogen and oxygen atoms in total. The van der Waals surface area contributed by atoms with Crippen LogP contribution in [-0.2, 0) is 39.1 Å². The van der Waals surface area contributed by atoms with Gasteiger partial charge in [-0.25, -0.2) is 0 Å². The zero-order valence-electron chi connectivity index (χ0n) is 50.0.